The zero-order valence-corrected chi connectivity index (χ0v) is 22.0. The van der Waals surface area contributed by atoms with Crippen molar-refractivity contribution in [2.75, 3.05) is 13.1 Å². The van der Waals surface area contributed by atoms with Crippen LogP contribution in [0, 0.1) is 0 Å². The standard InChI is InChI=1S/C27H28N8O6/c28-20(12-14-34-24(38)16-6-1-2-7-17(16)25(34)39)30-32-22(36)10-5-11-23(37)33-31-21(29)13-15-35-26(40)18-8-3-4-9-19(18)27(35)41/h1-4,6-9H,5,10-15H2,(H2,28,30)(H2,29,31)(H,32,36)(H,33,37). The van der Waals surface area contributed by atoms with Crippen LogP contribution in [0.5, 0.6) is 0 Å². The number of rotatable bonds is 12. The smallest absolute Gasteiger partial charge is 0.261 e. The molecule has 2 aliphatic rings. The molecule has 0 unspecified atom stereocenters. The van der Waals surface area contributed by atoms with Gasteiger partial charge >= 0.3 is 0 Å². The number of carbonyl (C=O) groups is 6. The number of nitrogens with two attached hydrogens (primary N) is 2. The van der Waals surface area contributed by atoms with Crippen LogP contribution in [0.15, 0.2) is 58.7 Å². The predicted octanol–water partition coefficient (Wildman–Crippen LogP) is 0.306. The van der Waals surface area contributed by atoms with Crippen LogP contribution in [-0.4, -0.2) is 70.0 Å². The molecule has 212 valence electrons. The van der Waals surface area contributed by atoms with E-state index in [1.54, 1.807) is 48.5 Å². The van der Waals surface area contributed by atoms with Crippen molar-refractivity contribution >= 4 is 47.1 Å². The molecule has 6 amide bonds. The van der Waals surface area contributed by atoms with E-state index in [2.05, 4.69) is 21.1 Å². The molecule has 4 rings (SSSR count). The Balaban J connectivity index is 1.11. The first-order valence-electron chi connectivity index (χ1n) is 12.8. The molecular weight excluding hydrogens is 532 g/mol. The van der Waals surface area contributed by atoms with Gasteiger partial charge in [-0.05, 0) is 30.7 Å². The minimum Gasteiger partial charge on any atom is -0.386 e. The van der Waals surface area contributed by atoms with Crippen molar-refractivity contribution in [3.05, 3.63) is 70.8 Å². The van der Waals surface area contributed by atoms with Gasteiger partial charge in [0.1, 0.15) is 11.7 Å². The van der Waals surface area contributed by atoms with E-state index < -0.39 is 35.4 Å². The van der Waals surface area contributed by atoms with Crippen molar-refractivity contribution in [1.82, 2.24) is 20.7 Å². The lowest BCUT2D eigenvalue weighted by Gasteiger charge is -2.13. The maximum Gasteiger partial charge on any atom is 0.261 e. The lowest BCUT2D eigenvalue weighted by Crippen LogP contribution is -2.34. The Bertz CT molecular complexity index is 1300. The number of hydrogen-bond donors (Lipinski definition) is 4. The van der Waals surface area contributed by atoms with Crippen molar-refractivity contribution in [1.29, 1.82) is 0 Å². The van der Waals surface area contributed by atoms with Gasteiger partial charge in [0.05, 0.1) is 22.3 Å². The van der Waals surface area contributed by atoms with E-state index in [0.29, 0.717) is 22.3 Å². The van der Waals surface area contributed by atoms with Gasteiger partial charge in [0.25, 0.3) is 23.6 Å². The van der Waals surface area contributed by atoms with Crippen LogP contribution in [0.1, 0.15) is 73.5 Å². The lowest BCUT2D eigenvalue weighted by molar-refractivity contribution is -0.122. The van der Waals surface area contributed by atoms with E-state index in [1.165, 1.54) is 0 Å². The second kappa shape index (κ2) is 12.6. The summed E-state index contributed by atoms with van der Waals surface area (Å²) in [5.74, 6) is -2.54. The van der Waals surface area contributed by atoms with Crippen molar-refractivity contribution in [3.8, 4) is 0 Å². The maximum absolute atomic E-state index is 12.4. The highest BCUT2D eigenvalue weighted by Crippen LogP contribution is 2.23. The van der Waals surface area contributed by atoms with Gasteiger partial charge < -0.3 is 11.5 Å². The van der Waals surface area contributed by atoms with Crippen molar-refractivity contribution in [2.45, 2.75) is 32.1 Å². The summed E-state index contributed by atoms with van der Waals surface area (Å²) >= 11 is 0. The molecule has 2 aromatic rings. The highest BCUT2D eigenvalue weighted by atomic mass is 16.2. The van der Waals surface area contributed by atoms with Crippen LogP contribution in [0.4, 0.5) is 0 Å². The molecule has 0 atom stereocenters. The largest absolute Gasteiger partial charge is 0.386 e. The van der Waals surface area contributed by atoms with Crippen LogP contribution in [-0.2, 0) is 9.59 Å². The van der Waals surface area contributed by atoms with E-state index >= 15 is 0 Å². The van der Waals surface area contributed by atoms with Gasteiger partial charge in [-0.25, -0.2) is 10.9 Å². The molecule has 0 aromatic heterocycles. The molecule has 0 radical (unpaired) electrons. The number of hydrogen-bond acceptors (Lipinski definition) is 8. The number of carbonyl (C=O) groups excluding carboxylic acids is 6. The average molecular weight is 561 g/mol. The quantitative estimate of drug-likeness (QED) is 0.122. The van der Waals surface area contributed by atoms with E-state index in [1.807, 2.05) is 0 Å². The Labute approximate surface area is 234 Å². The molecule has 14 nitrogen and oxygen atoms in total. The minimum atomic E-state index is -0.481. The Kier molecular flexibility index (Phi) is 8.82. The number of amidine groups is 2. The number of imide groups is 2. The number of nitrogens with zero attached hydrogens (tertiary/aromatic N) is 4. The van der Waals surface area contributed by atoms with Crippen LogP contribution in [0.25, 0.3) is 0 Å². The second-order valence-electron chi connectivity index (χ2n) is 9.24. The van der Waals surface area contributed by atoms with E-state index in [4.69, 9.17) is 11.5 Å². The van der Waals surface area contributed by atoms with E-state index in [0.717, 1.165) is 9.80 Å². The van der Waals surface area contributed by atoms with Gasteiger partial charge in [-0.3, -0.25) is 38.6 Å². The molecule has 2 aromatic carbocycles. The first kappa shape index (κ1) is 28.6. The summed E-state index contributed by atoms with van der Waals surface area (Å²) in [6.07, 6.45) is 0.275. The summed E-state index contributed by atoms with van der Waals surface area (Å²) in [6.45, 7) is 0.0271. The first-order valence-corrected chi connectivity index (χ1v) is 12.8. The van der Waals surface area contributed by atoms with E-state index in [-0.39, 0.29) is 56.9 Å². The third-order valence-electron chi connectivity index (χ3n) is 6.40. The van der Waals surface area contributed by atoms with Crippen molar-refractivity contribution in [2.24, 2.45) is 21.7 Å². The molecule has 0 aliphatic carbocycles. The maximum atomic E-state index is 12.4. The van der Waals surface area contributed by atoms with Gasteiger partial charge in [0.15, 0.2) is 0 Å². The SMILES string of the molecule is N/C(CCN1C(=O)c2ccccc2C1=O)=N\NC(=O)CCCC(=O)N/N=C(/N)CCN1C(=O)c2ccccc2C1=O. The number of benzene rings is 2. The van der Waals surface area contributed by atoms with Crippen LogP contribution >= 0.6 is 0 Å². The molecule has 0 saturated carbocycles. The molecule has 2 aliphatic heterocycles. The van der Waals surface area contributed by atoms with Gasteiger partial charge in [-0.1, -0.05) is 24.3 Å². The number of nitrogens with one attached hydrogen (secondary N) is 2. The fourth-order valence-corrected chi connectivity index (χ4v) is 4.24. The molecule has 0 fully saturated rings. The monoisotopic (exact) mass is 560 g/mol. The molecule has 0 spiro atoms. The Hall–Kier alpha value is -5.40. The Morgan fingerprint density at radius 1 is 0.585 bits per heavy atom. The van der Waals surface area contributed by atoms with Crippen molar-refractivity contribution in [3.63, 3.8) is 0 Å². The van der Waals surface area contributed by atoms with Crippen molar-refractivity contribution < 1.29 is 28.8 Å². The zero-order valence-electron chi connectivity index (χ0n) is 22.0. The summed E-state index contributed by atoms with van der Waals surface area (Å²) in [6, 6.07) is 13.0. The molecule has 0 saturated heterocycles. The summed E-state index contributed by atoms with van der Waals surface area (Å²) < 4.78 is 0. The summed E-state index contributed by atoms with van der Waals surface area (Å²) in [5.41, 5.74) is 17.5. The normalized spacial score (nSPS) is 14.8. The summed E-state index contributed by atoms with van der Waals surface area (Å²) in [7, 11) is 0. The minimum absolute atomic E-state index is 0.0136. The summed E-state index contributed by atoms with van der Waals surface area (Å²) in [4.78, 5) is 75.7. The van der Waals surface area contributed by atoms with Crippen LogP contribution < -0.4 is 22.3 Å². The molecule has 2 heterocycles. The predicted molar refractivity (Wildman–Crippen MR) is 146 cm³/mol. The highest BCUT2D eigenvalue weighted by Gasteiger charge is 2.35. The first-order chi connectivity index (χ1) is 19.7. The molecule has 0 bridgehead atoms. The van der Waals surface area contributed by atoms with Gasteiger partial charge in [-0.15, -0.1) is 0 Å². The van der Waals surface area contributed by atoms with Crippen LogP contribution in [0.2, 0.25) is 0 Å². The summed E-state index contributed by atoms with van der Waals surface area (Å²) in [5, 5.41) is 7.55. The Morgan fingerprint density at radius 3 is 1.22 bits per heavy atom. The topological polar surface area (TPSA) is 210 Å². The third kappa shape index (κ3) is 6.61. The van der Waals surface area contributed by atoms with E-state index in [9.17, 15) is 28.8 Å². The number of amides is 6. The van der Waals surface area contributed by atoms with Crippen LogP contribution in [0.3, 0.4) is 0 Å². The number of fused-ring (bicyclic) bond motifs is 2. The number of hydrazone groups is 2. The molecular formula is C27H28N8O6. The van der Waals surface area contributed by atoms with Gasteiger partial charge in [-0.2, -0.15) is 10.2 Å². The Morgan fingerprint density at radius 2 is 0.902 bits per heavy atom. The zero-order chi connectivity index (χ0) is 29.5. The average Bonchev–Trinajstić information content (AvgIpc) is 3.36. The fraction of sp³-hybridized carbons (Fsp3) is 0.259. The molecule has 6 N–H and O–H groups in total. The third-order valence-corrected chi connectivity index (χ3v) is 6.40. The fourth-order valence-electron chi connectivity index (χ4n) is 4.24. The van der Waals surface area contributed by atoms with Gasteiger partial charge in [0.2, 0.25) is 11.8 Å². The highest BCUT2D eigenvalue weighted by molar-refractivity contribution is 6.22. The lowest BCUT2D eigenvalue weighted by atomic mass is 10.1. The van der Waals surface area contributed by atoms with Gasteiger partial charge in [0, 0.05) is 38.8 Å². The molecule has 41 heavy (non-hydrogen) atoms. The second-order valence-corrected chi connectivity index (χ2v) is 9.24. The molecule has 14 heteroatoms.